The molecule has 17 heavy (non-hydrogen) atoms. The molecule has 0 aliphatic carbocycles. The van der Waals surface area contributed by atoms with Gasteiger partial charge in [0.25, 0.3) is 0 Å². The van der Waals surface area contributed by atoms with Crippen molar-refractivity contribution < 1.29 is 19.5 Å². The first kappa shape index (κ1) is 15.4. The van der Waals surface area contributed by atoms with Gasteiger partial charge in [-0.2, -0.15) is 0 Å². The van der Waals surface area contributed by atoms with Crippen LogP contribution in [-0.4, -0.2) is 29.6 Å². The van der Waals surface area contributed by atoms with Crippen molar-refractivity contribution in [3.05, 3.63) is 0 Å². The van der Waals surface area contributed by atoms with Gasteiger partial charge in [0.2, 0.25) is 5.91 Å². The van der Waals surface area contributed by atoms with Gasteiger partial charge in [-0.05, 0) is 12.3 Å². The Hall–Kier alpha value is -1.59. The van der Waals surface area contributed by atoms with Gasteiger partial charge in [0.1, 0.15) is 0 Å². The molecule has 0 aromatic carbocycles. The third-order valence-electron chi connectivity index (χ3n) is 2.36. The number of carbonyl (C=O) groups is 3. The van der Waals surface area contributed by atoms with Gasteiger partial charge in [-0.3, -0.25) is 14.9 Å². The number of amides is 3. The molecule has 3 N–H and O–H groups in total. The van der Waals surface area contributed by atoms with E-state index < -0.39 is 17.9 Å². The quantitative estimate of drug-likeness (QED) is 0.625. The highest BCUT2D eigenvalue weighted by atomic mass is 16.4. The van der Waals surface area contributed by atoms with E-state index in [-0.39, 0.29) is 19.3 Å². The van der Waals surface area contributed by atoms with E-state index >= 15 is 0 Å². The first-order valence-electron chi connectivity index (χ1n) is 5.75. The van der Waals surface area contributed by atoms with Crippen molar-refractivity contribution in [2.75, 3.05) is 6.54 Å². The van der Waals surface area contributed by atoms with Crippen LogP contribution in [0, 0.1) is 5.92 Å². The summed E-state index contributed by atoms with van der Waals surface area (Å²) in [4.78, 5) is 32.6. The number of aliphatic carboxylic acids is 1. The highest BCUT2D eigenvalue weighted by Gasteiger charge is 2.08. The molecule has 0 heterocycles. The molecular formula is C11H20N2O4. The van der Waals surface area contributed by atoms with Crippen LogP contribution >= 0.6 is 0 Å². The summed E-state index contributed by atoms with van der Waals surface area (Å²) in [7, 11) is 0. The number of rotatable bonds is 7. The molecular weight excluding hydrogens is 224 g/mol. The fourth-order valence-electron chi connectivity index (χ4n) is 1.04. The fourth-order valence-corrected chi connectivity index (χ4v) is 1.04. The third-order valence-corrected chi connectivity index (χ3v) is 2.36. The summed E-state index contributed by atoms with van der Waals surface area (Å²) in [6.45, 7) is 4.53. The van der Waals surface area contributed by atoms with Crippen LogP contribution in [0.15, 0.2) is 0 Å². The molecule has 0 bridgehead atoms. The van der Waals surface area contributed by atoms with Crippen molar-refractivity contribution in [3.8, 4) is 0 Å². The molecule has 6 heteroatoms. The van der Waals surface area contributed by atoms with Crippen LogP contribution in [0.1, 0.15) is 39.5 Å². The molecule has 0 aromatic heterocycles. The van der Waals surface area contributed by atoms with Crippen LogP contribution in [0.5, 0.6) is 0 Å². The molecule has 0 spiro atoms. The minimum absolute atomic E-state index is 0.0447. The average molecular weight is 244 g/mol. The van der Waals surface area contributed by atoms with Gasteiger partial charge in [0.05, 0.1) is 0 Å². The Morgan fingerprint density at radius 2 is 1.88 bits per heavy atom. The molecule has 1 unspecified atom stereocenters. The standard InChI is InChI=1S/C11H20N2O4/c1-3-8(2)7-12-11(17)13-9(14)5-4-6-10(15)16/h8H,3-7H2,1-2H3,(H,15,16)(H2,12,13,14,17). The molecule has 1 atom stereocenters. The maximum atomic E-state index is 11.2. The van der Waals surface area contributed by atoms with Crippen molar-refractivity contribution in [2.45, 2.75) is 39.5 Å². The molecule has 0 saturated carbocycles. The zero-order valence-electron chi connectivity index (χ0n) is 10.3. The largest absolute Gasteiger partial charge is 0.481 e. The second-order valence-electron chi connectivity index (χ2n) is 4.02. The van der Waals surface area contributed by atoms with Gasteiger partial charge in [-0.25, -0.2) is 4.79 Å². The van der Waals surface area contributed by atoms with Crippen LogP contribution in [0.25, 0.3) is 0 Å². The molecule has 0 saturated heterocycles. The summed E-state index contributed by atoms with van der Waals surface area (Å²) >= 11 is 0. The minimum Gasteiger partial charge on any atom is -0.481 e. The molecule has 0 radical (unpaired) electrons. The van der Waals surface area contributed by atoms with E-state index in [0.29, 0.717) is 12.5 Å². The normalized spacial score (nSPS) is 11.6. The van der Waals surface area contributed by atoms with Gasteiger partial charge in [0.15, 0.2) is 0 Å². The predicted molar refractivity (Wildman–Crippen MR) is 62.5 cm³/mol. The Kier molecular flexibility index (Phi) is 7.75. The number of carboxylic acids is 1. The van der Waals surface area contributed by atoms with E-state index in [1.54, 1.807) is 0 Å². The lowest BCUT2D eigenvalue weighted by Crippen LogP contribution is -2.41. The molecule has 98 valence electrons. The summed E-state index contributed by atoms with van der Waals surface area (Å²) < 4.78 is 0. The van der Waals surface area contributed by atoms with Crippen LogP contribution in [-0.2, 0) is 9.59 Å². The van der Waals surface area contributed by atoms with Gasteiger partial charge < -0.3 is 10.4 Å². The second kappa shape index (κ2) is 8.55. The Morgan fingerprint density at radius 1 is 1.24 bits per heavy atom. The van der Waals surface area contributed by atoms with Crippen molar-refractivity contribution in [1.29, 1.82) is 0 Å². The van der Waals surface area contributed by atoms with E-state index in [9.17, 15) is 14.4 Å². The third kappa shape index (κ3) is 9.35. The highest BCUT2D eigenvalue weighted by Crippen LogP contribution is 1.97. The summed E-state index contributed by atoms with van der Waals surface area (Å²) in [5.74, 6) is -1.03. The van der Waals surface area contributed by atoms with E-state index in [1.165, 1.54) is 0 Å². The Bertz CT molecular complexity index is 279. The maximum Gasteiger partial charge on any atom is 0.321 e. The molecule has 6 nitrogen and oxygen atoms in total. The van der Waals surface area contributed by atoms with Crippen LogP contribution < -0.4 is 10.6 Å². The number of carbonyl (C=O) groups excluding carboxylic acids is 2. The first-order chi connectivity index (χ1) is 7.95. The number of nitrogens with one attached hydrogen (secondary N) is 2. The van der Waals surface area contributed by atoms with Crippen LogP contribution in [0.4, 0.5) is 4.79 Å². The monoisotopic (exact) mass is 244 g/mol. The predicted octanol–water partition coefficient (Wildman–Crippen LogP) is 1.11. The second-order valence-corrected chi connectivity index (χ2v) is 4.02. The summed E-state index contributed by atoms with van der Waals surface area (Å²) in [6.07, 6.45) is 1.16. The number of imide groups is 1. The number of hydrogen-bond donors (Lipinski definition) is 3. The fraction of sp³-hybridized carbons (Fsp3) is 0.727. The molecule has 0 aliphatic heterocycles. The zero-order valence-corrected chi connectivity index (χ0v) is 10.3. The van der Waals surface area contributed by atoms with Gasteiger partial charge in [-0.1, -0.05) is 20.3 Å². The van der Waals surface area contributed by atoms with Crippen molar-refractivity contribution in [2.24, 2.45) is 5.92 Å². The van der Waals surface area contributed by atoms with E-state index in [0.717, 1.165) is 6.42 Å². The number of hydrogen-bond acceptors (Lipinski definition) is 3. The number of urea groups is 1. The van der Waals surface area contributed by atoms with Gasteiger partial charge >= 0.3 is 12.0 Å². The van der Waals surface area contributed by atoms with Crippen LogP contribution in [0.3, 0.4) is 0 Å². The average Bonchev–Trinajstić information content (AvgIpc) is 2.25. The van der Waals surface area contributed by atoms with Gasteiger partial charge in [0, 0.05) is 19.4 Å². The Morgan fingerprint density at radius 3 is 2.41 bits per heavy atom. The molecule has 0 aromatic rings. The summed E-state index contributed by atoms with van der Waals surface area (Å²) in [5.41, 5.74) is 0. The van der Waals surface area contributed by atoms with E-state index in [1.807, 2.05) is 13.8 Å². The van der Waals surface area contributed by atoms with Crippen LogP contribution in [0.2, 0.25) is 0 Å². The maximum absolute atomic E-state index is 11.2. The molecule has 3 amide bonds. The van der Waals surface area contributed by atoms with E-state index in [4.69, 9.17) is 5.11 Å². The minimum atomic E-state index is -0.945. The zero-order chi connectivity index (χ0) is 13.3. The van der Waals surface area contributed by atoms with E-state index in [2.05, 4.69) is 10.6 Å². The molecule has 0 rings (SSSR count). The lowest BCUT2D eigenvalue weighted by molar-refractivity contribution is -0.137. The highest BCUT2D eigenvalue weighted by molar-refractivity contribution is 5.94. The topological polar surface area (TPSA) is 95.5 Å². The number of carboxylic acid groups (broad SMARTS) is 1. The van der Waals surface area contributed by atoms with Crippen molar-refractivity contribution in [3.63, 3.8) is 0 Å². The smallest absolute Gasteiger partial charge is 0.321 e. The Balaban J connectivity index is 3.66. The van der Waals surface area contributed by atoms with Crippen molar-refractivity contribution in [1.82, 2.24) is 10.6 Å². The first-order valence-corrected chi connectivity index (χ1v) is 5.75. The van der Waals surface area contributed by atoms with Crippen molar-refractivity contribution >= 4 is 17.9 Å². The van der Waals surface area contributed by atoms with Gasteiger partial charge in [-0.15, -0.1) is 0 Å². The Labute approximate surface area is 101 Å². The summed E-state index contributed by atoms with van der Waals surface area (Å²) in [5, 5.41) is 13.1. The SMILES string of the molecule is CCC(C)CNC(=O)NC(=O)CCCC(=O)O. The molecule has 0 aliphatic rings. The molecule has 0 fully saturated rings. The lowest BCUT2D eigenvalue weighted by Gasteiger charge is -2.10. The summed E-state index contributed by atoms with van der Waals surface area (Å²) in [6, 6.07) is -0.523. The lowest BCUT2D eigenvalue weighted by atomic mass is 10.1.